The highest BCUT2D eigenvalue weighted by Crippen LogP contribution is 2.36. The molecule has 1 aromatic rings. The van der Waals surface area contributed by atoms with E-state index < -0.39 is 17.8 Å². The number of benzene rings is 1. The molecular weight excluding hydrogens is 325 g/mol. The Kier molecular flexibility index (Phi) is 7.54. The van der Waals surface area contributed by atoms with E-state index in [1.807, 2.05) is 20.8 Å². The van der Waals surface area contributed by atoms with E-state index in [0.717, 1.165) is 4.90 Å². The largest absolute Gasteiger partial charge is 0.361 e. The number of amides is 3. The Morgan fingerprint density at radius 1 is 1.28 bits per heavy atom. The van der Waals surface area contributed by atoms with Crippen LogP contribution in [0.25, 0.3) is 0 Å². The summed E-state index contributed by atoms with van der Waals surface area (Å²) in [6.45, 7) is 5.64. The highest BCUT2D eigenvalue weighted by Gasteiger charge is 2.27. The van der Waals surface area contributed by atoms with Crippen molar-refractivity contribution in [2.45, 2.75) is 45.6 Å². The summed E-state index contributed by atoms with van der Waals surface area (Å²) < 4.78 is 15.0. The van der Waals surface area contributed by atoms with E-state index in [0.29, 0.717) is 36.9 Å². The lowest BCUT2D eigenvalue weighted by molar-refractivity contribution is -0.126. The first-order chi connectivity index (χ1) is 11.8. The van der Waals surface area contributed by atoms with Gasteiger partial charge in [-0.3, -0.25) is 19.7 Å². The Bertz CT molecular complexity index is 634. The number of rotatable bonds is 9. The van der Waals surface area contributed by atoms with E-state index >= 15 is 0 Å². The van der Waals surface area contributed by atoms with Gasteiger partial charge >= 0.3 is 0 Å². The molecule has 1 rings (SSSR count). The van der Waals surface area contributed by atoms with Crippen LogP contribution in [0.5, 0.6) is 0 Å². The monoisotopic (exact) mass is 351 g/mol. The summed E-state index contributed by atoms with van der Waals surface area (Å²) >= 11 is 0. The molecule has 7 heteroatoms. The third kappa shape index (κ3) is 4.55. The van der Waals surface area contributed by atoms with Crippen LogP contribution in [0.3, 0.4) is 0 Å². The lowest BCUT2D eigenvalue weighted by atomic mass is 9.99. The number of likely N-dealkylation sites (N-methyl/N-ethyl adjacent to an activating group) is 1. The van der Waals surface area contributed by atoms with Crippen LogP contribution in [0.4, 0.5) is 15.8 Å². The third-order valence-corrected chi connectivity index (χ3v) is 4.17. The number of halogens is 1. The molecule has 0 fully saturated rings. The zero-order valence-electron chi connectivity index (χ0n) is 15.4. The van der Waals surface area contributed by atoms with Crippen LogP contribution in [-0.4, -0.2) is 38.9 Å². The van der Waals surface area contributed by atoms with Crippen molar-refractivity contribution in [2.75, 3.05) is 23.9 Å². The van der Waals surface area contributed by atoms with Crippen LogP contribution in [0, 0.1) is 5.82 Å². The maximum absolute atomic E-state index is 15.0. The highest BCUT2D eigenvalue weighted by atomic mass is 19.1. The molecule has 0 spiro atoms. The maximum atomic E-state index is 15.0. The summed E-state index contributed by atoms with van der Waals surface area (Å²) in [5.41, 5.74) is 1.02. The lowest BCUT2D eigenvalue weighted by Crippen LogP contribution is -2.45. The van der Waals surface area contributed by atoms with Crippen LogP contribution < -0.4 is 15.1 Å². The summed E-state index contributed by atoms with van der Waals surface area (Å²) in [6.07, 6.45) is 2.04. The molecule has 25 heavy (non-hydrogen) atoms. The first kappa shape index (κ1) is 20.6. The molecule has 1 atom stereocenters. The quantitative estimate of drug-likeness (QED) is 0.694. The van der Waals surface area contributed by atoms with Gasteiger partial charge in [-0.15, -0.1) is 0 Å². The first-order valence-electron chi connectivity index (χ1n) is 8.27. The Morgan fingerprint density at radius 3 is 2.40 bits per heavy atom. The number of anilines is 2. The van der Waals surface area contributed by atoms with Crippen LogP contribution in [0.2, 0.25) is 0 Å². The molecular formula is C18H26FN3O3. The van der Waals surface area contributed by atoms with E-state index in [1.165, 1.54) is 7.05 Å². The van der Waals surface area contributed by atoms with Crippen molar-refractivity contribution in [1.29, 1.82) is 0 Å². The molecule has 0 aliphatic heterocycles. The minimum atomic E-state index is -0.654. The minimum absolute atomic E-state index is 0.0528. The van der Waals surface area contributed by atoms with Crippen molar-refractivity contribution in [3.63, 3.8) is 0 Å². The van der Waals surface area contributed by atoms with Gasteiger partial charge in [0.05, 0.1) is 5.69 Å². The van der Waals surface area contributed by atoms with Gasteiger partial charge in [-0.1, -0.05) is 33.3 Å². The number of hydrogen-bond acceptors (Lipinski definition) is 4. The number of carbonyl (C=O) groups is 3. The van der Waals surface area contributed by atoms with Crippen molar-refractivity contribution in [3.05, 3.63) is 23.5 Å². The van der Waals surface area contributed by atoms with E-state index in [2.05, 4.69) is 5.32 Å². The second kappa shape index (κ2) is 9.15. The summed E-state index contributed by atoms with van der Waals surface area (Å²) in [4.78, 5) is 36.8. The van der Waals surface area contributed by atoms with Gasteiger partial charge < -0.3 is 9.80 Å². The van der Waals surface area contributed by atoms with E-state index in [9.17, 15) is 18.8 Å². The van der Waals surface area contributed by atoms with Crippen LogP contribution in [0.15, 0.2) is 12.1 Å². The number of imide groups is 1. The van der Waals surface area contributed by atoms with Gasteiger partial charge in [-0.2, -0.15) is 0 Å². The Hall–Kier alpha value is -2.44. The molecule has 1 unspecified atom stereocenters. The van der Waals surface area contributed by atoms with Gasteiger partial charge in [0.25, 0.3) is 0 Å². The van der Waals surface area contributed by atoms with E-state index in [4.69, 9.17) is 0 Å². The molecule has 0 saturated heterocycles. The standard InChI is InChI=1S/C18H26FN3O3/c1-6-7-15(18(25)20-10-23)22(5)14-9-8-13(12(2)3)16(19)17(14)21(4)11-24/h8-12,15H,6-7H2,1-5H3,(H,20,23,25). The van der Waals surface area contributed by atoms with Crippen molar-refractivity contribution < 1.29 is 18.8 Å². The van der Waals surface area contributed by atoms with Gasteiger partial charge in [0.15, 0.2) is 5.82 Å². The van der Waals surface area contributed by atoms with Gasteiger partial charge in [0.1, 0.15) is 11.7 Å². The smallest absolute Gasteiger partial charge is 0.249 e. The SMILES string of the molecule is CCCC(C(=O)NC=O)N(C)c1ccc(C(C)C)c(F)c1N(C)C=O. The molecule has 138 valence electrons. The Morgan fingerprint density at radius 2 is 1.92 bits per heavy atom. The van der Waals surface area contributed by atoms with Gasteiger partial charge in [-0.05, 0) is 24.0 Å². The predicted molar refractivity (Wildman–Crippen MR) is 96.3 cm³/mol. The molecule has 1 N–H and O–H groups in total. The number of hydrogen-bond donors (Lipinski definition) is 1. The molecule has 0 radical (unpaired) electrons. The molecule has 0 aromatic heterocycles. The molecule has 0 aliphatic rings. The average Bonchev–Trinajstić information content (AvgIpc) is 2.57. The molecule has 0 bridgehead atoms. The molecule has 0 aliphatic carbocycles. The fourth-order valence-electron chi connectivity index (χ4n) is 2.78. The zero-order valence-corrected chi connectivity index (χ0v) is 15.4. The molecule has 0 heterocycles. The number of nitrogens with zero attached hydrogens (tertiary/aromatic N) is 2. The maximum Gasteiger partial charge on any atom is 0.249 e. The van der Waals surface area contributed by atoms with E-state index in [-0.39, 0.29) is 11.6 Å². The van der Waals surface area contributed by atoms with Crippen molar-refractivity contribution in [2.24, 2.45) is 0 Å². The molecule has 1 aromatic carbocycles. The zero-order chi connectivity index (χ0) is 19.1. The van der Waals surface area contributed by atoms with Crippen LogP contribution in [-0.2, 0) is 14.4 Å². The van der Waals surface area contributed by atoms with Crippen LogP contribution >= 0.6 is 0 Å². The molecule has 3 amide bonds. The lowest BCUT2D eigenvalue weighted by Gasteiger charge is -2.32. The summed E-state index contributed by atoms with van der Waals surface area (Å²) in [7, 11) is 3.11. The highest BCUT2D eigenvalue weighted by molar-refractivity contribution is 5.94. The van der Waals surface area contributed by atoms with E-state index in [1.54, 1.807) is 24.1 Å². The van der Waals surface area contributed by atoms with Crippen molar-refractivity contribution in [3.8, 4) is 0 Å². The van der Waals surface area contributed by atoms with Gasteiger partial charge in [0.2, 0.25) is 18.7 Å². The second-order valence-electron chi connectivity index (χ2n) is 6.25. The fraction of sp³-hybridized carbons (Fsp3) is 0.500. The van der Waals surface area contributed by atoms with Crippen molar-refractivity contribution in [1.82, 2.24) is 5.32 Å². The fourth-order valence-corrected chi connectivity index (χ4v) is 2.78. The minimum Gasteiger partial charge on any atom is -0.361 e. The van der Waals surface area contributed by atoms with Gasteiger partial charge in [0, 0.05) is 14.1 Å². The second-order valence-corrected chi connectivity index (χ2v) is 6.25. The first-order valence-corrected chi connectivity index (χ1v) is 8.27. The molecule has 6 nitrogen and oxygen atoms in total. The Balaban J connectivity index is 3.46. The summed E-state index contributed by atoms with van der Waals surface area (Å²) in [5, 5.41) is 2.15. The third-order valence-electron chi connectivity index (χ3n) is 4.17. The summed E-state index contributed by atoms with van der Waals surface area (Å²) in [6, 6.07) is 2.71. The van der Waals surface area contributed by atoms with Crippen molar-refractivity contribution >= 4 is 30.1 Å². The number of carbonyl (C=O) groups excluding carboxylic acids is 3. The topological polar surface area (TPSA) is 69.7 Å². The van der Waals surface area contributed by atoms with Crippen LogP contribution in [0.1, 0.15) is 45.1 Å². The summed E-state index contributed by atoms with van der Waals surface area (Å²) in [5.74, 6) is -1.00. The number of nitrogens with one attached hydrogen (secondary N) is 1. The van der Waals surface area contributed by atoms with Gasteiger partial charge in [-0.25, -0.2) is 4.39 Å². The average molecular weight is 351 g/mol. The molecule has 0 saturated carbocycles. The Labute approximate surface area is 148 Å². The normalized spacial score (nSPS) is 11.8. The predicted octanol–water partition coefficient (Wildman–Crippen LogP) is 2.42.